The number of fused-ring (bicyclic) bond motifs is 1. The third-order valence-corrected chi connectivity index (χ3v) is 5.23. The number of aromatic nitrogens is 1. The van der Waals surface area contributed by atoms with Crippen LogP contribution in [-0.2, 0) is 0 Å². The van der Waals surface area contributed by atoms with Crippen LogP contribution in [0, 0.1) is 0 Å². The zero-order chi connectivity index (χ0) is 14.1. The average molecular weight is 368 g/mol. The van der Waals surface area contributed by atoms with Crippen LogP contribution in [0.3, 0.4) is 0 Å². The molecule has 0 saturated carbocycles. The zero-order valence-electron chi connectivity index (χ0n) is 10.7. The molecule has 0 aliphatic rings. The maximum atomic E-state index is 5.99. The number of anilines is 1. The molecule has 1 unspecified atom stereocenters. The van der Waals surface area contributed by atoms with Crippen molar-refractivity contribution in [2.24, 2.45) is 0 Å². The molecule has 2 heterocycles. The minimum atomic E-state index is 0.171. The maximum Gasteiger partial charge on any atom is 0.134 e. The molecule has 20 heavy (non-hydrogen) atoms. The number of nitrogens with zero attached hydrogens (tertiary/aromatic N) is 1. The van der Waals surface area contributed by atoms with Gasteiger partial charge in [0, 0.05) is 26.3 Å². The molecule has 0 saturated heterocycles. The van der Waals surface area contributed by atoms with Gasteiger partial charge in [-0.1, -0.05) is 39.7 Å². The minimum absolute atomic E-state index is 0.171. The summed E-state index contributed by atoms with van der Waals surface area (Å²) in [5.41, 5.74) is 0. The molecule has 102 valence electrons. The summed E-state index contributed by atoms with van der Waals surface area (Å²) in [4.78, 5) is 5.66. The molecule has 0 bridgehead atoms. The van der Waals surface area contributed by atoms with Crippen molar-refractivity contribution >= 4 is 55.5 Å². The monoisotopic (exact) mass is 366 g/mol. The van der Waals surface area contributed by atoms with Crippen LogP contribution >= 0.6 is 38.9 Å². The highest BCUT2D eigenvalue weighted by atomic mass is 79.9. The molecule has 1 aromatic carbocycles. The zero-order valence-corrected chi connectivity index (χ0v) is 13.9. The van der Waals surface area contributed by atoms with Gasteiger partial charge in [-0.25, -0.2) is 4.98 Å². The van der Waals surface area contributed by atoms with Crippen LogP contribution in [0.25, 0.3) is 10.8 Å². The van der Waals surface area contributed by atoms with Crippen LogP contribution in [0.2, 0.25) is 4.34 Å². The summed E-state index contributed by atoms with van der Waals surface area (Å²) in [5.74, 6) is 0.890. The molecule has 0 aliphatic carbocycles. The lowest BCUT2D eigenvalue weighted by molar-refractivity contribution is 0.900. The first-order valence-electron chi connectivity index (χ1n) is 6.20. The number of hydrogen-bond donors (Lipinski definition) is 1. The van der Waals surface area contributed by atoms with Gasteiger partial charge in [0.05, 0.1) is 10.4 Å². The van der Waals surface area contributed by atoms with Crippen molar-refractivity contribution < 1.29 is 0 Å². The normalized spacial score (nSPS) is 12.6. The molecule has 0 fully saturated rings. The second kappa shape index (κ2) is 5.72. The Labute approximate surface area is 134 Å². The van der Waals surface area contributed by atoms with E-state index in [-0.39, 0.29) is 6.04 Å². The summed E-state index contributed by atoms with van der Waals surface area (Å²) >= 11 is 11.2. The van der Waals surface area contributed by atoms with Crippen LogP contribution in [-0.4, -0.2) is 4.98 Å². The van der Waals surface area contributed by atoms with Crippen LogP contribution in [0.15, 0.2) is 47.1 Å². The molecule has 0 radical (unpaired) electrons. The van der Waals surface area contributed by atoms with Crippen molar-refractivity contribution in [1.82, 2.24) is 4.98 Å². The van der Waals surface area contributed by atoms with Crippen molar-refractivity contribution in [2.75, 3.05) is 5.32 Å². The van der Waals surface area contributed by atoms with Crippen LogP contribution in [0.4, 0.5) is 5.82 Å². The van der Waals surface area contributed by atoms with Gasteiger partial charge in [0.1, 0.15) is 5.82 Å². The van der Waals surface area contributed by atoms with E-state index in [4.69, 9.17) is 11.6 Å². The molecule has 3 rings (SSSR count). The lowest BCUT2D eigenvalue weighted by Crippen LogP contribution is -2.06. The molecule has 2 aromatic heterocycles. The van der Waals surface area contributed by atoms with E-state index in [2.05, 4.69) is 39.2 Å². The first-order valence-corrected chi connectivity index (χ1v) is 8.19. The van der Waals surface area contributed by atoms with Gasteiger partial charge in [0.25, 0.3) is 0 Å². The molecular weight excluding hydrogens is 356 g/mol. The highest BCUT2D eigenvalue weighted by Gasteiger charge is 2.11. The Bertz CT molecular complexity index is 756. The minimum Gasteiger partial charge on any atom is -0.362 e. The van der Waals surface area contributed by atoms with E-state index in [0.29, 0.717) is 0 Å². The fourth-order valence-corrected chi connectivity index (χ4v) is 3.68. The summed E-state index contributed by atoms with van der Waals surface area (Å²) < 4.78 is 1.88. The lowest BCUT2D eigenvalue weighted by Gasteiger charge is -2.15. The van der Waals surface area contributed by atoms with E-state index in [1.165, 1.54) is 4.88 Å². The maximum absolute atomic E-state index is 5.99. The van der Waals surface area contributed by atoms with Crippen molar-refractivity contribution in [2.45, 2.75) is 13.0 Å². The van der Waals surface area contributed by atoms with Crippen molar-refractivity contribution in [3.8, 4) is 0 Å². The highest BCUT2D eigenvalue weighted by molar-refractivity contribution is 9.10. The number of halogens is 2. The lowest BCUT2D eigenvalue weighted by atomic mass is 10.1. The quantitative estimate of drug-likeness (QED) is 0.624. The van der Waals surface area contributed by atoms with Gasteiger partial charge in [0.2, 0.25) is 0 Å². The molecule has 1 N–H and O–H groups in total. The summed E-state index contributed by atoms with van der Waals surface area (Å²) in [6, 6.07) is 12.3. The van der Waals surface area contributed by atoms with Gasteiger partial charge in [-0.3, -0.25) is 0 Å². The van der Waals surface area contributed by atoms with E-state index in [1.54, 1.807) is 11.3 Å². The van der Waals surface area contributed by atoms with Crippen LogP contribution < -0.4 is 5.32 Å². The Morgan fingerprint density at radius 1 is 1.20 bits per heavy atom. The van der Waals surface area contributed by atoms with Crippen molar-refractivity contribution in [3.63, 3.8) is 0 Å². The first-order chi connectivity index (χ1) is 9.65. The second-order valence-electron chi connectivity index (χ2n) is 4.50. The van der Waals surface area contributed by atoms with Crippen LogP contribution in [0.5, 0.6) is 0 Å². The summed E-state index contributed by atoms with van der Waals surface area (Å²) in [6.45, 7) is 2.11. The number of thiophene rings is 1. The van der Waals surface area contributed by atoms with Gasteiger partial charge in [0.15, 0.2) is 0 Å². The topological polar surface area (TPSA) is 24.9 Å². The number of hydrogen-bond acceptors (Lipinski definition) is 3. The largest absolute Gasteiger partial charge is 0.362 e. The number of rotatable bonds is 3. The van der Waals surface area contributed by atoms with Gasteiger partial charge in [-0.15, -0.1) is 11.3 Å². The summed E-state index contributed by atoms with van der Waals surface area (Å²) in [6.07, 6.45) is 1.82. The molecule has 3 aromatic rings. The second-order valence-corrected chi connectivity index (χ2v) is 7.10. The number of nitrogens with one attached hydrogen (secondary N) is 1. The molecule has 0 spiro atoms. The van der Waals surface area contributed by atoms with Gasteiger partial charge in [-0.05, 0) is 31.2 Å². The fourth-order valence-electron chi connectivity index (χ4n) is 2.12. The Morgan fingerprint density at radius 3 is 2.80 bits per heavy atom. The van der Waals surface area contributed by atoms with Crippen LogP contribution in [0.1, 0.15) is 17.8 Å². The van der Waals surface area contributed by atoms with E-state index in [9.17, 15) is 0 Å². The molecule has 1 atom stereocenters. The van der Waals surface area contributed by atoms with E-state index < -0.39 is 0 Å². The molecular formula is C15H12BrClN2S. The SMILES string of the molecule is CC(Nc1nccc2c(Br)cccc12)c1ccc(Cl)s1. The Morgan fingerprint density at radius 2 is 2.05 bits per heavy atom. The van der Waals surface area contributed by atoms with Gasteiger partial charge < -0.3 is 5.32 Å². The standard InChI is InChI=1S/C15H12BrClN2S/c1-9(13-5-6-14(17)20-13)19-15-11-3-2-4-12(16)10(11)7-8-18-15/h2-9H,1H3,(H,18,19). The Balaban J connectivity index is 1.97. The third kappa shape index (κ3) is 2.68. The average Bonchev–Trinajstić information content (AvgIpc) is 2.87. The smallest absolute Gasteiger partial charge is 0.134 e. The molecule has 2 nitrogen and oxygen atoms in total. The first kappa shape index (κ1) is 13.9. The van der Waals surface area contributed by atoms with E-state index in [0.717, 1.165) is 25.4 Å². The predicted octanol–water partition coefficient (Wildman–Crippen LogP) is 5.89. The Kier molecular flexibility index (Phi) is 3.96. The molecule has 0 aliphatic heterocycles. The van der Waals surface area contributed by atoms with Crippen molar-refractivity contribution in [3.05, 3.63) is 56.3 Å². The molecule has 5 heteroatoms. The van der Waals surface area contributed by atoms with Gasteiger partial charge in [-0.2, -0.15) is 0 Å². The third-order valence-electron chi connectivity index (χ3n) is 3.13. The van der Waals surface area contributed by atoms with E-state index >= 15 is 0 Å². The highest BCUT2D eigenvalue weighted by Crippen LogP contribution is 2.32. The Hall–Kier alpha value is -1.10. The van der Waals surface area contributed by atoms with Gasteiger partial charge >= 0.3 is 0 Å². The predicted molar refractivity (Wildman–Crippen MR) is 90.8 cm³/mol. The van der Waals surface area contributed by atoms with E-state index in [1.807, 2.05) is 36.5 Å². The number of benzene rings is 1. The number of pyridine rings is 1. The summed E-state index contributed by atoms with van der Waals surface area (Å²) in [5, 5.41) is 5.72. The van der Waals surface area contributed by atoms with Crippen molar-refractivity contribution in [1.29, 1.82) is 0 Å². The fraction of sp³-hybridized carbons (Fsp3) is 0.133. The molecule has 0 amide bonds. The summed E-state index contributed by atoms with van der Waals surface area (Å²) in [7, 11) is 0.